The summed E-state index contributed by atoms with van der Waals surface area (Å²) >= 11 is 0. The van der Waals surface area contributed by atoms with Crippen LogP contribution in [0.15, 0.2) is 24.3 Å². The van der Waals surface area contributed by atoms with Gasteiger partial charge in [0.15, 0.2) is 0 Å². The second-order valence-corrected chi connectivity index (χ2v) is 5.34. The van der Waals surface area contributed by atoms with Crippen molar-refractivity contribution in [3.8, 4) is 0 Å². The van der Waals surface area contributed by atoms with Gasteiger partial charge in [0.05, 0.1) is 13.2 Å². The SMILES string of the molecule is CNCCC(=O)NCc1ccc(CN2CCOCC2)cc1.Cl.Cl. The fourth-order valence-electron chi connectivity index (χ4n) is 2.31. The van der Waals surface area contributed by atoms with Crippen molar-refractivity contribution in [3.05, 3.63) is 35.4 Å². The lowest BCUT2D eigenvalue weighted by Crippen LogP contribution is -2.35. The molecule has 5 nitrogen and oxygen atoms in total. The van der Waals surface area contributed by atoms with Gasteiger partial charge in [-0.1, -0.05) is 24.3 Å². The first-order valence-electron chi connectivity index (χ1n) is 7.57. The summed E-state index contributed by atoms with van der Waals surface area (Å²) in [5.41, 5.74) is 2.45. The topological polar surface area (TPSA) is 53.6 Å². The normalized spacial score (nSPS) is 14.5. The minimum Gasteiger partial charge on any atom is -0.379 e. The van der Waals surface area contributed by atoms with Gasteiger partial charge in [0.1, 0.15) is 0 Å². The molecule has 0 unspecified atom stereocenters. The van der Waals surface area contributed by atoms with Crippen molar-refractivity contribution in [3.63, 3.8) is 0 Å². The fraction of sp³-hybridized carbons (Fsp3) is 0.562. The summed E-state index contributed by atoms with van der Waals surface area (Å²) in [6.07, 6.45) is 0.519. The first-order chi connectivity index (χ1) is 10.3. The minimum atomic E-state index is 0. The molecule has 0 spiro atoms. The van der Waals surface area contributed by atoms with E-state index in [2.05, 4.69) is 39.8 Å². The minimum absolute atomic E-state index is 0. The predicted octanol–water partition coefficient (Wildman–Crippen LogP) is 1.59. The van der Waals surface area contributed by atoms with E-state index in [0.29, 0.717) is 19.5 Å². The third kappa shape index (κ3) is 8.53. The molecule has 0 aliphatic carbocycles. The summed E-state index contributed by atoms with van der Waals surface area (Å²) in [5, 5.41) is 5.90. The van der Waals surface area contributed by atoms with Crippen LogP contribution in [-0.2, 0) is 22.6 Å². The Hall–Kier alpha value is -0.850. The van der Waals surface area contributed by atoms with E-state index >= 15 is 0 Å². The van der Waals surface area contributed by atoms with E-state index in [0.717, 1.165) is 38.4 Å². The van der Waals surface area contributed by atoms with Crippen molar-refractivity contribution in [2.24, 2.45) is 0 Å². The van der Waals surface area contributed by atoms with Crippen LogP contribution in [0.5, 0.6) is 0 Å². The molecule has 0 saturated carbocycles. The van der Waals surface area contributed by atoms with Crippen molar-refractivity contribution in [2.75, 3.05) is 39.9 Å². The summed E-state index contributed by atoms with van der Waals surface area (Å²) in [7, 11) is 1.85. The number of nitrogens with one attached hydrogen (secondary N) is 2. The van der Waals surface area contributed by atoms with Crippen LogP contribution in [0.1, 0.15) is 17.5 Å². The Balaban J connectivity index is 0.00000242. The van der Waals surface area contributed by atoms with Crippen molar-refractivity contribution < 1.29 is 9.53 Å². The number of ether oxygens (including phenoxy) is 1. The van der Waals surface area contributed by atoms with Crippen LogP contribution < -0.4 is 10.6 Å². The van der Waals surface area contributed by atoms with Crippen molar-refractivity contribution in [2.45, 2.75) is 19.5 Å². The van der Waals surface area contributed by atoms with E-state index in [1.165, 1.54) is 5.56 Å². The standard InChI is InChI=1S/C16H25N3O2.2ClH/c1-17-7-6-16(20)18-12-14-2-4-15(5-3-14)13-19-8-10-21-11-9-19;;/h2-5,17H,6-13H2,1H3,(H,18,20);2*1H. The Morgan fingerprint density at radius 1 is 1.13 bits per heavy atom. The highest BCUT2D eigenvalue weighted by atomic mass is 35.5. The molecule has 7 heteroatoms. The molecule has 1 aromatic carbocycles. The van der Waals surface area contributed by atoms with Crippen LogP contribution in [0, 0.1) is 0 Å². The third-order valence-electron chi connectivity index (χ3n) is 3.62. The quantitative estimate of drug-likeness (QED) is 0.772. The number of benzene rings is 1. The molecule has 0 atom stereocenters. The van der Waals surface area contributed by atoms with Crippen molar-refractivity contribution in [1.29, 1.82) is 0 Å². The Bertz CT molecular complexity index is 437. The molecule has 1 aromatic rings. The van der Waals surface area contributed by atoms with Gasteiger partial charge < -0.3 is 15.4 Å². The van der Waals surface area contributed by atoms with Crippen LogP contribution in [0.25, 0.3) is 0 Å². The van der Waals surface area contributed by atoms with Crippen LogP contribution >= 0.6 is 24.8 Å². The van der Waals surface area contributed by atoms with Gasteiger partial charge in [-0.2, -0.15) is 0 Å². The van der Waals surface area contributed by atoms with Crippen molar-refractivity contribution >= 4 is 30.7 Å². The van der Waals surface area contributed by atoms with Gasteiger partial charge in [-0.3, -0.25) is 9.69 Å². The molecule has 1 amide bonds. The van der Waals surface area contributed by atoms with Crippen LogP contribution in [-0.4, -0.2) is 50.7 Å². The molecule has 1 aliphatic heterocycles. The maximum Gasteiger partial charge on any atom is 0.221 e. The molecule has 1 saturated heterocycles. The van der Waals surface area contributed by atoms with Gasteiger partial charge in [-0.15, -0.1) is 24.8 Å². The molecule has 132 valence electrons. The summed E-state index contributed by atoms with van der Waals surface area (Å²) in [4.78, 5) is 13.9. The van der Waals surface area contributed by atoms with E-state index in [1.54, 1.807) is 0 Å². The molecule has 2 rings (SSSR count). The maximum absolute atomic E-state index is 11.5. The van der Waals surface area contributed by atoms with Crippen LogP contribution in [0.3, 0.4) is 0 Å². The predicted molar refractivity (Wildman–Crippen MR) is 97.4 cm³/mol. The van der Waals surface area contributed by atoms with E-state index in [1.807, 2.05) is 7.05 Å². The molecular formula is C16H27Cl2N3O2. The molecule has 1 fully saturated rings. The molecule has 0 aromatic heterocycles. The van der Waals surface area contributed by atoms with Crippen LogP contribution in [0.4, 0.5) is 0 Å². The van der Waals surface area contributed by atoms with Gasteiger partial charge in [0.25, 0.3) is 0 Å². The number of hydrogen-bond donors (Lipinski definition) is 2. The molecule has 2 N–H and O–H groups in total. The highest BCUT2D eigenvalue weighted by molar-refractivity contribution is 5.85. The first-order valence-corrected chi connectivity index (χ1v) is 7.57. The average Bonchev–Trinajstić information content (AvgIpc) is 2.53. The molecule has 0 bridgehead atoms. The van der Waals surface area contributed by atoms with Gasteiger partial charge >= 0.3 is 0 Å². The van der Waals surface area contributed by atoms with Gasteiger partial charge in [0, 0.05) is 39.1 Å². The Morgan fingerprint density at radius 3 is 2.35 bits per heavy atom. The molecular weight excluding hydrogens is 337 g/mol. The fourth-order valence-corrected chi connectivity index (χ4v) is 2.31. The average molecular weight is 364 g/mol. The van der Waals surface area contributed by atoms with E-state index in [9.17, 15) is 4.79 Å². The number of morpholine rings is 1. The molecule has 1 heterocycles. The Labute approximate surface area is 151 Å². The van der Waals surface area contributed by atoms with Crippen LogP contribution in [0.2, 0.25) is 0 Å². The number of carbonyl (C=O) groups is 1. The smallest absolute Gasteiger partial charge is 0.221 e. The zero-order valence-electron chi connectivity index (χ0n) is 13.5. The summed E-state index contributed by atoms with van der Waals surface area (Å²) in [5.74, 6) is 0.0849. The number of halogens is 2. The summed E-state index contributed by atoms with van der Waals surface area (Å²) in [6, 6.07) is 8.47. The number of nitrogens with zero attached hydrogens (tertiary/aromatic N) is 1. The third-order valence-corrected chi connectivity index (χ3v) is 3.62. The second kappa shape index (κ2) is 12.6. The number of hydrogen-bond acceptors (Lipinski definition) is 4. The zero-order valence-corrected chi connectivity index (χ0v) is 15.2. The largest absolute Gasteiger partial charge is 0.379 e. The second-order valence-electron chi connectivity index (χ2n) is 5.34. The molecule has 0 radical (unpaired) electrons. The number of rotatable bonds is 7. The zero-order chi connectivity index (χ0) is 14.9. The van der Waals surface area contributed by atoms with E-state index < -0.39 is 0 Å². The van der Waals surface area contributed by atoms with E-state index in [4.69, 9.17) is 4.74 Å². The highest BCUT2D eigenvalue weighted by Gasteiger charge is 2.10. The first kappa shape index (κ1) is 22.1. The monoisotopic (exact) mass is 363 g/mol. The lowest BCUT2D eigenvalue weighted by molar-refractivity contribution is -0.121. The Morgan fingerprint density at radius 2 is 1.74 bits per heavy atom. The lowest BCUT2D eigenvalue weighted by Gasteiger charge is -2.26. The van der Waals surface area contributed by atoms with Crippen molar-refractivity contribution in [1.82, 2.24) is 15.5 Å². The Kier molecular flexibility index (Phi) is 12.1. The van der Waals surface area contributed by atoms with E-state index in [-0.39, 0.29) is 30.7 Å². The number of carbonyl (C=O) groups excluding carboxylic acids is 1. The summed E-state index contributed by atoms with van der Waals surface area (Å²) in [6.45, 7) is 5.95. The van der Waals surface area contributed by atoms with Gasteiger partial charge in [0.2, 0.25) is 5.91 Å². The van der Waals surface area contributed by atoms with Gasteiger partial charge in [-0.25, -0.2) is 0 Å². The maximum atomic E-state index is 11.5. The summed E-state index contributed by atoms with van der Waals surface area (Å²) < 4.78 is 5.35. The molecule has 23 heavy (non-hydrogen) atoms. The molecule has 1 aliphatic rings. The highest BCUT2D eigenvalue weighted by Crippen LogP contribution is 2.09. The lowest BCUT2D eigenvalue weighted by atomic mass is 10.1. The van der Waals surface area contributed by atoms with Gasteiger partial charge in [-0.05, 0) is 18.2 Å². The number of amides is 1.